The standard InChI is InChI=1S/C24H24N6O2/c31-24(25-9-8-17-4-2-1-3-5-17)22-7-6-21(28-29-22)20-16-27-23-19(20)14-18(15-26-23)30-10-12-32-13-11-30/h1-7,14-16H,8-13H2,(H,25,31)(H,26,27). The van der Waals surface area contributed by atoms with Gasteiger partial charge in [0.1, 0.15) is 5.65 Å². The van der Waals surface area contributed by atoms with Gasteiger partial charge in [0.25, 0.3) is 5.91 Å². The third-order valence-corrected chi connectivity index (χ3v) is 5.61. The average Bonchev–Trinajstić information content (AvgIpc) is 3.28. The number of amides is 1. The zero-order valence-electron chi connectivity index (χ0n) is 17.6. The monoisotopic (exact) mass is 428 g/mol. The molecular formula is C24H24N6O2. The van der Waals surface area contributed by atoms with E-state index in [1.807, 2.05) is 48.8 Å². The molecular weight excluding hydrogens is 404 g/mol. The van der Waals surface area contributed by atoms with Crippen molar-refractivity contribution in [1.82, 2.24) is 25.5 Å². The summed E-state index contributed by atoms with van der Waals surface area (Å²) in [7, 11) is 0. The first-order valence-corrected chi connectivity index (χ1v) is 10.7. The van der Waals surface area contributed by atoms with Crippen LogP contribution in [0.3, 0.4) is 0 Å². The second-order valence-corrected chi connectivity index (χ2v) is 7.69. The summed E-state index contributed by atoms with van der Waals surface area (Å²) in [5.74, 6) is -0.227. The van der Waals surface area contributed by atoms with Crippen molar-refractivity contribution in [2.45, 2.75) is 6.42 Å². The minimum atomic E-state index is -0.227. The summed E-state index contributed by atoms with van der Waals surface area (Å²) in [5.41, 5.74) is 4.93. The van der Waals surface area contributed by atoms with Crippen LogP contribution in [0.2, 0.25) is 0 Å². The number of carbonyl (C=O) groups excluding carboxylic acids is 1. The summed E-state index contributed by atoms with van der Waals surface area (Å²) in [6, 6.07) is 15.7. The van der Waals surface area contributed by atoms with Crippen LogP contribution in [0.15, 0.2) is 60.9 Å². The van der Waals surface area contributed by atoms with Gasteiger partial charge in [-0.15, -0.1) is 10.2 Å². The van der Waals surface area contributed by atoms with Crippen molar-refractivity contribution in [2.75, 3.05) is 37.7 Å². The van der Waals surface area contributed by atoms with Crippen LogP contribution in [-0.2, 0) is 11.2 Å². The van der Waals surface area contributed by atoms with E-state index in [0.29, 0.717) is 17.9 Å². The minimum absolute atomic E-state index is 0.227. The smallest absolute Gasteiger partial charge is 0.271 e. The maximum atomic E-state index is 12.4. The number of ether oxygens (including phenoxy) is 1. The first-order chi connectivity index (χ1) is 15.8. The molecule has 4 heterocycles. The third kappa shape index (κ3) is 4.31. The summed E-state index contributed by atoms with van der Waals surface area (Å²) in [6.45, 7) is 3.68. The molecule has 0 saturated carbocycles. The fraction of sp³-hybridized carbons (Fsp3) is 0.250. The fourth-order valence-electron chi connectivity index (χ4n) is 3.85. The molecule has 0 atom stereocenters. The molecule has 1 saturated heterocycles. The second-order valence-electron chi connectivity index (χ2n) is 7.69. The Balaban J connectivity index is 1.29. The fourth-order valence-corrected chi connectivity index (χ4v) is 3.85. The van der Waals surface area contributed by atoms with Crippen LogP contribution in [0.5, 0.6) is 0 Å². The van der Waals surface area contributed by atoms with E-state index in [4.69, 9.17) is 4.74 Å². The molecule has 1 aliphatic heterocycles. The van der Waals surface area contributed by atoms with Gasteiger partial charge in [-0.1, -0.05) is 30.3 Å². The number of nitrogens with zero attached hydrogens (tertiary/aromatic N) is 4. The highest BCUT2D eigenvalue weighted by molar-refractivity contribution is 5.95. The third-order valence-electron chi connectivity index (χ3n) is 5.61. The lowest BCUT2D eigenvalue weighted by atomic mass is 10.1. The van der Waals surface area contributed by atoms with Gasteiger partial charge in [0.05, 0.1) is 30.8 Å². The molecule has 5 rings (SSSR count). The van der Waals surface area contributed by atoms with Gasteiger partial charge in [0.2, 0.25) is 0 Å². The van der Waals surface area contributed by atoms with Crippen LogP contribution in [0, 0.1) is 0 Å². The maximum absolute atomic E-state index is 12.4. The molecule has 1 aliphatic rings. The normalized spacial score (nSPS) is 13.9. The van der Waals surface area contributed by atoms with Crippen molar-refractivity contribution in [3.63, 3.8) is 0 Å². The topological polar surface area (TPSA) is 96.0 Å². The van der Waals surface area contributed by atoms with Crippen molar-refractivity contribution in [1.29, 1.82) is 0 Å². The number of carbonyl (C=O) groups is 1. The Hall–Kier alpha value is -3.78. The van der Waals surface area contributed by atoms with Gasteiger partial charge in [-0.2, -0.15) is 0 Å². The second kappa shape index (κ2) is 9.15. The highest BCUT2D eigenvalue weighted by Gasteiger charge is 2.16. The largest absolute Gasteiger partial charge is 0.378 e. The highest BCUT2D eigenvalue weighted by Crippen LogP contribution is 2.29. The van der Waals surface area contributed by atoms with E-state index in [0.717, 1.165) is 55.0 Å². The molecule has 0 aliphatic carbocycles. The molecule has 2 N–H and O–H groups in total. The average molecular weight is 428 g/mol. The Morgan fingerprint density at radius 3 is 2.72 bits per heavy atom. The van der Waals surface area contributed by atoms with Crippen molar-refractivity contribution in [3.8, 4) is 11.3 Å². The Morgan fingerprint density at radius 1 is 1.09 bits per heavy atom. The van der Waals surface area contributed by atoms with Gasteiger partial charge in [0, 0.05) is 36.8 Å². The number of hydrogen-bond donors (Lipinski definition) is 2. The number of nitrogens with one attached hydrogen (secondary N) is 2. The molecule has 32 heavy (non-hydrogen) atoms. The molecule has 0 unspecified atom stereocenters. The quantitative estimate of drug-likeness (QED) is 0.490. The maximum Gasteiger partial charge on any atom is 0.271 e. The lowest BCUT2D eigenvalue weighted by Crippen LogP contribution is -2.36. The van der Waals surface area contributed by atoms with Gasteiger partial charge in [-0.25, -0.2) is 4.98 Å². The van der Waals surface area contributed by atoms with Crippen LogP contribution >= 0.6 is 0 Å². The molecule has 3 aromatic heterocycles. The highest BCUT2D eigenvalue weighted by atomic mass is 16.5. The number of benzene rings is 1. The number of fused-ring (bicyclic) bond motifs is 1. The summed E-state index contributed by atoms with van der Waals surface area (Å²) >= 11 is 0. The van der Waals surface area contributed by atoms with Crippen LogP contribution in [0.25, 0.3) is 22.3 Å². The molecule has 0 radical (unpaired) electrons. The van der Waals surface area contributed by atoms with Crippen LogP contribution in [0.4, 0.5) is 5.69 Å². The van der Waals surface area contributed by atoms with Gasteiger partial charge in [0.15, 0.2) is 5.69 Å². The van der Waals surface area contributed by atoms with E-state index in [-0.39, 0.29) is 5.91 Å². The number of aromatic nitrogens is 4. The van der Waals surface area contributed by atoms with Crippen molar-refractivity contribution in [3.05, 3.63) is 72.2 Å². The lowest BCUT2D eigenvalue weighted by Gasteiger charge is -2.28. The van der Waals surface area contributed by atoms with Gasteiger partial charge in [-0.05, 0) is 30.2 Å². The Bertz CT molecular complexity index is 1200. The summed E-state index contributed by atoms with van der Waals surface area (Å²) in [4.78, 5) is 22.4. The van der Waals surface area contributed by atoms with E-state index >= 15 is 0 Å². The van der Waals surface area contributed by atoms with Crippen LogP contribution in [-0.4, -0.2) is 58.9 Å². The number of H-pyrrole nitrogens is 1. The molecule has 8 heteroatoms. The summed E-state index contributed by atoms with van der Waals surface area (Å²) < 4.78 is 5.44. The predicted octanol–water partition coefficient (Wildman–Crippen LogP) is 2.83. The molecule has 0 spiro atoms. The van der Waals surface area contributed by atoms with E-state index in [2.05, 4.69) is 36.4 Å². The zero-order chi connectivity index (χ0) is 21.8. The Morgan fingerprint density at radius 2 is 1.94 bits per heavy atom. The number of aromatic amines is 1. The summed E-state index contributed by atoms with van der Waals surface area (Å²) in [6.07, 6.45) is 4.53. The van der Waals surface area contributed by atoms with Crippen molar-refractivity contribution >= 4 is 22.6 Å². The van der Waals surface area contributed by atoms with E-state index in [9.17, 15) is 4.79 Å². The number of morpholine rings is 1. The molecule has 8 nitrogen and oxygen atoms in total. The van der Waals surface area contributed by atoms with Gasteiger partial charge < -0.3 is 19.9 Å². The van der Waals surface area contributed by atoms with E-state index < -0.39 is 0 Å². The minimum Gasteiger partial charge on any atom is -0.378 e. The van der Waals surface area contributed by atoms with Crippen molar-refractivity contribution < 1.29 is 9.53 Å². The predicted molar refractivity (Wildman–Crippen MR) is 123 cm³/mol. The van der Waals surface area contributed by atoms with E-state index in [1.165, 1.54) is 5.56 Å². The molecule has 1 amide bonds. The van der Waals surface area contributed by atoms with Gasteiger partial charge in [-0.3, -0.25) is 4.79 Å². The molecule has 0 bridgehead atoms. The molecule has 162 valence electrons. The Labute approximate surface area is 185 Å². The number of hydrogen-bond acceptors (Lipinski definition) is 6. The summed E-state index contributed by atoms with van der Waals surface area (Å²) in [5, 5.41) is 12.3. The molecule has 1 fully saturated rings. The number of pyridine rings is 1. The van der Waals surface area contributed by atoms with E-state index in [1.54, 1.807) is 6.07 Å². The zero-order valence-corrected chi connectivity index (χ0v) is 17.6. The number of anilines is 1. The van der Waals surface area contributed by atoms with Crippen molar-refractivity contribution in [2.24, 2.45) is 0 Å². The number of rotatable bonds is 6. The first kappa shape index (κ1) is 20.1. The Kier molecular flexibility index (Phi) is 5.76. The lowest BCUT2D eigenvalue weighted by molar-refractivity contribution is 0.0948. The van der Waals surface area contributed by atoms with Gasteiger partial charge >= 0.3 is 0 Å². The van der Waals surface area contributed by atoms with Crippen LogP contribution in [0.1, 0.15) is 16.1 Å². The molecule has 4 aromatic rings. The van der Waals surface area contributed by atoms with Crippen LogP contribution < -0.4 is 10.2 Å². The SMILES string of the molecule is O=C(NCCc1ccccc1)c1ccc(-c2c[nH]c3ncc(N4CCOCC4)cc23)nn1. The first-order valence-electron chi connectivity index (χ1n) is 10.7. The molecule has 1 aromatic carbocycles.